The van der Waals surface area contributed by atoms with Crippen molar-refractivity contribution in [2.75, 3.05) is 13.2 Å². The van der Waals surface area contributed by atoms with Gasteiger partial charge in [0.05, 0.1) is 0 Å². The van der Waals surface area contributed by atoms with Crippen molar-refractivity contribution >= 4 is 17.9 Å². The summed E-state index contributed by atoms with van der Waals surface area (Å²) in [5.74, 6) is -0.889. The Morgan fingerprint density at radius 1 is 0.288 bits per heavy atom. The second-order valence-corrected chi connectivity index (χ2v) is 22.0. The number of esters is 3. The summed E-state index contributed by atoms with van der Waals surface area (Å²) in [4.78, 5) is 38.1. The predicted molar refractivity (Wildman–Crippen MR) is 316 cm³/mol. The molecule has 0 bridgehead atoms. The van der Waals surface area contributed by atoms with E-state index >= 15 is 0 Å². The van der Waals surface area contributed by atoms with Gasteiger partial charge in [0.25, 0.3) is 0 Å². The van der Waals surface area contributed by atoms with Gasteiger partial charge in [0.15, 0.2) is 6.10 Å². The first-order chi connectivity index (χ1) is 36.0. The van der Waals surface area contributed by atoms with Gasteiger partial charge in [-0.1, -0.05) is 320 Å². The Bertz CT molecular complexity index is 1220. The van der Waals surface area contributed by atoms with Crippen molar-refractivity contribution in [1.82, 2.24) is 0 Å². The predicted octanol–water partition coefficient (Wildman–Crippen LogP) is 22.0. The minimum absolute atomic E-state index is 0.0792. The first-order valence-electron chi connectivity index (χ1n) is 32.5. The molecule has 6 nitrogen and oxygen atoms in total. The van der Waals surface area contributed by atoms with Crippen molar-refractivity contribution in [3.05, 3.63) is 36.5 Å². The molecule has 1 atom stereocenters. The summed E-state index contributed by atoms with van der Waals surface area (Å²) in [6.07, 6.45) is 76.2. The lowest BCUT2D eigenvalue weighted by molar-refractivity contribution is -0.167. The fourth-order valence-corrected chi connectivity index (χ4v) is 9.81. The number of allylic oxidation sites excluding steroid dienone is 6. The number of hydrogen-bond donors (Lipinski definition) is 0. The van der Waals surface area contributed by atoms with Gasteiger partial charge >= 0.3 is 17.9 Å². The minimum Gasteiger partial charge on any atom is -0.462 e. The second kappa shape index (κ2) is 62.2. The molecular formula is C67H124O6. The number of rotatable bonds is 60. The highest BCUT2D eigenvalue weighted by atomic mass is 16.6. The SMILES string of the molecule is CC/C=C\C/C=C\C/C=C\CCCCCC(=O)OC(COC(=O)CCCCCCCCCCCCCC)COC(=O)CCCCCCCCCCCCCCCCCCCCCCCCCCCCCCCC. The van der Waals surface area contributed by atoms with Gasteiger partial charge in [0, 0.05) is 19.3 Å². The van der Waals surface area contributed by atoms with Gasteiger partial charge in [0.2, 0.25) is 0 Å². The lowest BCUT2D eigenvalue weighted by Gasteiger charge is -2.18. The number of carbonyl (C=O) groups excluding carboxylic acids is 3. The number of hydrogen-bond acceptors (Lipinski definition) is 6. The van der Waals surface area contributed by atoms with Crippen LogP contribution in [0.15, 0.2) is 36.5 Å². The highest BCUT2D eigenvalue weighted by Crippen LogP contribution is 2.18. The van der Waals surface area contributed by atoms with E-state index in [0.717, 1.165) is 83.5 Å². The van der Waals surface area contributed by atoms with Gasteiger partial charge in [-0.15, -0.1) is 0 Å². The van der Waals surface area contributed by atoms with Crippen molar-refractivity contribution in [2.24, 2.45) is 0 Å². The van der Waals surface area contributed by atoms with Crippen molar-refractivity contribution in [2.45, 2.75) is 361 Å². The Balaban J connectivity index is 4.08. The zero-order chi connectivity index (χ0) is 52.9. The van der Waals surface area contributed by atoms with E-state index in [-0.39, 0.29) is 31.1 Å². The molecule has 0 radical (unpaired) electrons. The summed E-state index contributed by atoms with van der Waals surface area (Å²) in [6.45, 7) is 6.55. The van der Waals surface area contributed by atoms with E-state index in [1.165, 1.54) is 231 Å². The Kier molecular flexibility index (Phi) is 60.2. The molecule has 73 heavy (non-hydrogen) atoms. The van der Waals surface area contributed by atoms with E-state index in [9.17, 15) is 14.4 Å². The van der Waals surface area contributed by atoms with Crippen LogP contribution in [0.3, 0.4) is 0 Å². The Morgan fingerprint density at radius 2 is 0.534 bits per heavy atom. The van der Waals surface area contributed by atoms with Crippen LogP contribution in [0.1, 0.15) is 355 Å². The fraction of sp³-hybridized carbons (Fsp3) is 0.866. The van der Waals surface area contributed by atoms with Gasteiger partial charge in [0.1, 0.15) is 13.2 Å². The fourth-order valence-electron chi connectivity index (χ4n) is 9.81. The molecule has 6 heteroatoms. The largest absolute Gasteiger partial charge is 0.462 e. The van der Waals surface area contributed by atoms with E-state index in [4.69, 9.17) is 14.2 Å². The molecule has 428 valence electrons. The van der Waals surface area contributed by atoms with E-state index in [1.807, 2.05) is 0 Å². The average molecular weight is 1030 g/mol. The number of ether oxygens (including phenoxy) is 3. The number of unbranched alkanes of at least 4 members (excludes halogenated alkanes) is 43. The highest BCUT2D eigenvalue weighted by molar-refractivity contribution is 5.71. The molecule has 0 fully saturated rings. The molecule has 0 rings (SSSR count). The third kappa shape index (κ3) is 60.4. The first-order valence-corrected chi connectivity index (χ1v) is 32.5. The standard InChI is InChI=1S/C67H124O6/c1-4-7-10-13-16-19-22-25-26-27-28-29-30-31-32-33-34-35-36-37-38-39-40-41-43-45-48-51-54-57-60-66(69)72-63-64(62-71-65(68)59-56-53-50-47-44-24-21-18-15-12-9-6-3)73-67(70)61-58-55-52-49-46-42-23-20-17-14-11-8-5-2/h8,11,17,20,42,46,64H,4-7,9-10,12-16,18-19,21-41,43-45,47-63H2,1-3H3/b11-8-,20-17-,46-42-. The van der Waals surface area contributed by atoms with Crippen LogP contribution >= 0.6 is 0 Å². The van der Waals surface area contributed by atoms with E-state index in [0.29, 0.717) is 19.3 Å². The zero-order valence-corrected chi connectivity index (χ0v) is 49.2. The van der Waals surface area contributed by atoms with Crippen LogP contribution < -0.4 is 0 Å². The Hall–Kier alpha value is -2.37. The molecule has 0 amide bonds. The summed E-state index contributed by atoms with van der Waals surface area (Å²) in [5, 5.41) is 0. The van der Waals surface area contributed by atoms with Crippen molar-refractivity contribution in [1.29, 1.82) is 0 Å². The molecule has 1 unspecified atom stereocenters. The molecule has 0 aliphatic carbocycles. The minimum atomic E-state index is -0.783. The molecule has 0 saturated carbocycles. The maximum atomic E-state index is 12.8. The Labute approximate surface area is 455 Å². The number of carbonyl (C=O) groups is 3. The summed E-state index contributed by atoms with van der Waals surface area (Å²) in [7, 11) is 0. The zero-order valence-electron chi connectivity index (χ0n) is 49.2. The molecular weight excluding hydrogens is 901 g/mol. The molecule has 0 aromatic carbocycles. The van der Waals surface area contributed by atoms with Gasteiger partial charge in [-0.2, -0.15) is 0 Å². The van der Waals surface area contributed by atoms with Crippen molar-refractivity contribution < 1.29 is 28.6 Å². The van der Waals surface area contributed by atoms with Crippen LogP contribution in [0.4, 0.5) is 0 Å². The molecule has 0 N–H and O–H groups in total. The third-order valence-electron chi connectivity index (χ3n) is 14.7. The van der Waals surface area contributed by atoms with Crippen LogP contribution in [-0.2, 0) is 28.6 Å². The lowest BCUT2D eigenvalue weighted by Crippen LogP contribution is -2.30. The summed E-state index contributed by atoms with van der Waals surface area (Å²) in [6, 6.07) is 0. The van der Waals surface area contributed by atoms with E-state index in [2.05, 4.69) is 57.2 Å². The topological polar surface area (TPSA) is 78.9 Å². The van der Waals surface area contributed by atoms with E-state index in [1.54, 1.807) is 0 Å². The van der Waals surface area contributed by atoms with Crippen LogP contribution in [0.2, 0.25) is 0 Å². The summed E-state index contributed by atoms with van der Waals surface area (Å²) in [5.41, 5.74) is 0. The Morgan fingerprint density at radius 3 is 0.836 bits per heavy atom. The maximum absolute atomic E-state index is 12.8. The molecule has 0 aromatic rings. The quantitative estimate of drug-likeness (QED) is 0.0261. The van der Waals surface area contributed by atoms with Crippen LogP contribution in [0.25, 0.3) is 0 Å². The van der Waals surface area contributed by atoms with Gasteiger partial charge in [-0.25, -0.2) is 0 Å². The molecule has 0 heterocycles. The summed E-state index contributed by atoms with van der Waals surface area (Å²) < 4.78 is 16.9. The summed E-state index contributed by atoms with van der Waals surface area (Å²) >= 11 is 0. The molecule has 0 aliphatic rings. The molecule has 0 aromatic heterocycles. The van der Waals surface area contributed by atoms with Crippen molar-refractivity contribution in [3.8, 4) is 0 Å². The first kappa shape index (κ1) is 70.6. The van der Waals surface area contributed by atoms with Crippen LogP contribution in [0, 0.1) is 0 Å². The smallest absolute Gasteiger partial charge is 0.306 e. The van der Waals surface area contributed by atoms with Crippen molar-refractivity contribution in [3.63, 3.8) is 0 Å². The molecule has 0 spiro atoms. The van der Waals surface area contributed by atoms with E-state index < -0.39 is 6.10 Å². The van der Waals surface area contributed by atoms with Gasteiger partial charge < -0.3 is 14.2 Å². The maximum Gasteiger partial charge on any atom is 0.306 e. The van der Waals surface area contributed by atoms with Crippen LogP contribution in [-0.4, -0.2) is 37.2 Å². The molecule has 0 saturated heterocycles. The second-order valence-electron chi connectivity index (χ2n) is 22.0. The van der Waals surface area contributed by atoms with Gasteiger partial charge in [-0.05, 0) is 51.4 Å². The monoisotopic (exact) mass is 1020 g/mol. The molecule has 0 aliphatic heterocycles. The highest BCUT2D eigenvalue weighted by Gasteiger charge is 2.19. The average Bonchev–Trinajstić information content (AvgIpc) is 3.39. The lowest BCUT2D eigenvalue weighted by atomic mass is 10.0. The normalized spacial score (nSPS) is 12.2. The van der Waals surface area contributed by atoms with Crippen LogP contribution in [0.5, 0.6) is 0 Å². The third-order valence-corrected chi connectivity index (χ3v) is 14.7. The van der Waals surface area contributed by atoms with Gasteiger partial charge in [-0.3, -0.25) is 14.4 Å².